The fraction of sp³-hybridized carbons (Fsp3) is 0.600. The second-order valence-electron chi connectivity index (χ2n) is 4.99. The molecule has 1 aliphatic heterocycles. The molecule has 3 nitrogen and oxygen atoms in total. The van der Waals surface area contributed by atoms with Gasteiger partial charge in [0.1, 0.15) is 0 Å². The quantitative estimate of drug-likeness (QED) is 0.834. The summed E-state index contributed by atoms with van der Waals surface area (Å²) in [5.74, 6) is 0. The van der Waals surface area contributed by atoms with Crippen molar-refractivity contribution in [3.8, 4) is 0 Å². The van der Waals surface area contributed by atoms with Crippen LogP contribution in [-0.2, 0) is 6.42 Å². The fourth-order valence-corrected chi connectivity index (χ4v) is 2.59. The molecule has 1 aromatic carbocycles. The number of nitrogens with zero attached hydrogens (tertiary/aromatic N) is 1. The fourth-order valence-electron chi connectivity index (χ4n) is 2.59. The SMILES string of the molecule is CCNCC(O)CN1CCCCc2ccccc21. The van der Waals surface area contributed by atoms with Gasteiger partial charge in [-0.05, 0) is 37.4 Å². The minimum atomic E-state index is -0.295. The molecule has 0 amide bonds. The predicted octanol–water partition coefficient (Wildman–Crippen LogP) is 1.80. The Morgan fingerprint density at radius 3 is 3.00 bits per heavy atom. The summed E-state index contributed by atoms with van der Waals surface area (Å²) in [6, 6.07) is 8.59. The lowest BCUT2D eigenvalue weighted by atomic mass is 10.1. The summed E-state index contributed by atoms with van der Waals surface area (Å²) in [7, 11) is 0. The highest BCUT2D eigenvalue weighted by molar-refractivity contribution is 5.54. The van der Waals surface area contributed by atoms with Gasteiger partial charge in [0.2, 0.25) is 0 Å². The van der Waals surface area contributed by atoms with Crippen molar-refractivity contribution in [1.29, 1.82) is 0 Å². The zero-order valence-electron chi connectivity index (χ0n) is 11.2. The van der Waals surface area contributed by atoms with E-state index in [1.54, 1.807) is 0 Å². The van der Waals surface area contributed by atoms with Crippen LogP contribution in [0.15, 0.2) is 24.3 Å². The zero-order valence-corrected chi connectivity index (χ0v) is 11.2. The van der Waals surface area contributed by atoms with Crippen LogP contribution in [-0.4, -0.2) is 37.4 Å². The standard InChI is InChI=1S/C15H24N2O/c1-2-16-11-14(18)12-17-10-6-5-8-13-7-3-4-9-15(13)17/h3-4,7,9,14,16,18H,2,5-6,8,10-12H2,1H3. The Balaban J connectivity index is 2.03. The van der Waals surface area contributed by atoms with Crippen molar-refractivity contribution in [2.45, 2.75) is 32.3 Å². The molecule has 0 aromatic heterocycles. The number of nitrogens with one attached hydrogen (secondary N) is 1. The van der Waals surface area contributed by atoms with Gasteiger partial charge in [0.25, 0.3) is 0 Å². The molecule has 1 aliphatic rings. The molecule has 0 bridgehead atoms. The second-order valence-corrected chi connectivity index (χ2v) is 4.99. The molecule has 1 aromatic rings. The third-order valence-electron chi connectivity index (χ3n) is 3.52. The van der Waals surface area contributed by atoms with Crippen molar-refractivity contribution in [1.82, 2.24) is 5.32 Å². The van der Waals surface area contributed by atoms with Gasteiger partial charge < -0.3 is 15.3 Å². The van der Waals surface area contributed by atoms with Crippen molar-refractivity contribution in [2.75, 3.05) is 31.1 Å². The zero-order chi connectivity index (χ0) is 12.8. The van der Waals surface area contributed by atoms with E-state index in [0.29, 0.717) is 6.54 Å². The van der Waals surface area contributed by atoms with Crippen LogP contribution in [0.1, 0.15) is 25.3 Å². The lowest BCUT2D eigenvalue weighted by Crippen LogP contribution is -2.38. The van der Waals surface area contributed by atoms with Gasteiger partial charge in [0.05, 0.1) is 6.10 Å². The molecule has 0 saturated heterocycles. The number of rotatable bonds is 5. The second kappa shape index (κ2) is 6.76. The average molecular weight is 248 g/mol. The molecule has 3 heteroatoms. The summed E-state index contributed by atoms with van der Waals surface area (Å²) in [6.45, 7) is 5.43. The first kappa shape index (κ1) is 13.4. The van der Waals surface area contributed by atoms with Gasteiger partial charge in [-0.2, -0.15) is 0 Å². The summed E-state index contributed by atoms with van der Waals surface area (Å²) in [6.07, 6.45) is 3.33. The van der Waals surface area contributed by atoms with Crippen LogP contribution in [0.4, 0.5) is 5.69 Å². The van der Waals surface area contributed by atoms with Gasteiger partial charge >= 0.3 is 0 Å². The number of aliphatic hydroxyl groups excluding tert-OH is 1. The van der Waals surface area contributed by atoms with E-state index in [1.165, 1.54) is 24.1 Å². The maximum atomic E-state index is 10.0. The molecule has 0 aliphatic carbocycles. The minimum absolute atomic E-state index is 0.295. The third-order valence-corrected chi connectivity index (χ3v) is 3.52. The van der Waals surface area contributed by atoms with Gasteiger partial charge in [-0.3, -0.25) is 0 Å². The van der Waals surface area contributed by atoms with E-state index in [-0.39, 0.29) is 6.10 Å². The summed E-state index contributed by atoms with van der Waals surface area (Å²) in [4.78, 5) is 2.34. The van der Waals surface area contributed by atoms with Gasteiger partial charge in [-0.1, -0.05) is 25.1 Å². The van der Waals surface area contributed by atoms with Crippen molar-refractivity contribution >= 4 is 5.69 Å². The number of aryl methyl sites for hydroxylation is 1. The van der Waals surface area contributed by atoms with E-state index in [0.717, 1.165) is 26.1 Å². The lowest BCUT2D eigenvalue weighted by molar-refractivity contribution is 0.177. The number of β-amino-alcohol motifs (C(OH)–C–C–N with tert-alkyl or cyclic N) is 1. The first-order valence-electron chi connectivity index (χ1n) is 7.03. The maximum absolute atomic E-state index is 10.0. The van der Waals surface area contributed by atoms with Crippen molar-refractivity contribution in [3.63, 3.8) is 0 Å². The van der Waals surface area contributed by atoms with Gasteiger partial charge in [0.15, 0.2) is 0 Å². The predicted molar refractivity (Wildman–Crippen MR) is 76.1 cm³/mol. The molecule has 1 heterocycles. The monoisotopic (exact) mass is 248 g/mol. The van der Waals surface area contributed by atoms with E-state index in [4.69, 9.17) is 0 Å². The largest absolute Gasteiger partial charge is 0.390 e. The number of hydrogen-bond donors (Lipinski definition) is 2. The summed E-state index contributed by atoms with van der Waals surface area (Å²) >= 11 is 0. The molecule has 2 N–H and O–H groups in total. The topological polar surface area (TPSA) is 35.5 Å². The molecule has 1 atom stereocenters. The Labute approximate surface area is 110 Å². The van der Waals surface area contributed by atoms with Crippen LogP contribution in [0.25, 0.3) is 0 Å². The summed E-state index contributed by atoms with van der Waals surface area (Å²) < 4.78 is 0. The molecule has 100 valence electrons. The van der Waals surface area contributed by atoms with E-state index >= 15 is 0 Å². The molecule has 0 fully saturated rings. The number of benzene rings is 1. The van der Waals surface area contributed by atoms with Crippen molar-refractivity contribution in [3.05, 3.63) is 29.8 Å². The number of fused-ring (bicyclic) bond motifs is 1. The number of para-hydroxylation sites is 1. The highest BCUT2D eigenvalue weighted by atomic mass is 16.3. The molecule has 1 unspecified atom stereocenters. The molecule has 2 rings (SSSR count). The number of hydrogen-bond acceptors (Lipinski definition) is 3. The van der Waals surface area contributed by atoms with Gasteiger partial charge in [0, 0.05) is 25.3 Å². The third kappa shape index (κ3) is 3.47. The highest BCUT2D eigenvalue weighted by Gasteiger charge is 2.17. The van der Waals surface area contributed by atoms with Crippen molar-refractivity contribution in [2.24, 2.45) is 0 Å². The summed E-state index contributed by atoms with van der Waals surface area (Å²) in [5, 5.41) is 13.2. The molecular formula is C15H24N2O. The smallest absolute Gasteiger partial charge is 0.0839 e. The van der Waals surface area contributed by atoms with Gasteiger partial charge in [-0.15, -0.1) is 0 Å². The van der Waals surface area contributed by atoms with E-state index < -0.39 is 0 Å². The number of likely N-dealkylation sites (N-methyl/N-ethyl adjacent to an activating group) is 1. The van der Waals surface area contributed by atoms with Crippen LogP contribution in [0.3, 0.4) is 0 Å². The Morgan fingerprint density at radius 2 is 2.17 bits per heavy atom. The molecule has 0 saturated carbocycles. The number of aliphatic hydroxyl groups is 1. The van der Waals surface area contributed by atoms with Crippen molar-refractivity contribution < 1.29 is 5.11 Å². The van der Waals surface area contributed by atoms with E-state index in [1.807, 2.05) is 0 Å². The lowest BCUT2D eigenvalue weighted by Gasteiger charge is -2.27. The molecular weight excluding hydrogens is 224 g/mol. The minimum Gasteiger partial charge on any atom is -0.390 e. The Hall–Kier alpha value is -1.06. The first-order chi connectivity index (χ1) is 8.81. The van der Waals surface area contributed by atoms with Crippen LogP contribution in [0, 0.1) is 0 Å². The van der Waals surface area contributed by atoms with Crippen LogP contribution >= 0.6 is 0 Å². The maximum Gasteiger partial charge on any atom is 0.0839 e. The Bertz CT molecular complexity index is 367. The number of anilines is 1. The first-order valence-corrected chi connectivity index (χ1v) is 7.03. The molecule has 18 heavy (non-hydrogen) atoms. The van der Waals surface area contributed by atoms with Crippen LogP contribution in [0.5, 0.6) is 0 Å². The molecule has 0 radical (unpaired) electrons. The average Bonchev–Trinajstić information content (AvgIpc) is 2.59. The van der Waals surface area contributed by atoms with Gasteiger partial charge in [-0.25, -0.2) is 0 Å². The molecule has 0 spiro atoms. The Morgan fingerprint density at radius 1 is 1.33 bits per heavy atom. The normalized spacial score (nSPS) is 17.1. The van der Waals surface area contributed by atoms with Crippen LogP contribution < -0.4 is 10.2 Å². The van der Waals surface area contributed by atoms with E-state index in [2.05, 4.69) is 41.4 Å². The van der Waals surface area contributed by atoms with Crippen LogP contribution in [0.2, 0.25) is 0 Å². The highest BCUT2D eigenvalue weighted by Crippen LogP contribution is 2.25. The Kier molecular flexibility index (Phi) is 5.02. The van der Waals surface area contributed by atoms with E-state index in [9.17, 15) is 5.11 Å². The summed E-state index contributed by atoms with van der Waals surface area (Å²) in [5.41, 5.74) is 2.73.